The van der Waals surface area contributed by atoms with Crippen molar-refractivity contribution in [2.75, 3.05) is 6.54 Å². The van der Waals surface area contributed by atoms with Gasteiger partial charge in [0, 0.05) is 17.7 Å². The highest BCUT2D eigenvalue weighted by Crippen LogP contribution is 2.27. The van der Waals surface area contributed by atoms with Crippen LogP contribution in [0.25, 0.3) is 11.3 Å². The van der Waals surface area contributed by atoms with Gasteiger partial charge in [-0.25, -0.2) is 4.98 Å². The highest BCUT2D eigenvalue weighted by Gasteiger charge is 2.12. The van der Waals surface area contributed by atoms with Gasteiger partial charge in [0.15, 0.2) is 5.76 Å². The number of rotatable bonds is 6. The second kappa shape index (κ2) is 6.29. The number of aromatic nitrogens is 1. The molecule has 0 aliphatic heterocycles. The van der Waals surface area contributed by atoms with Crippen LogP contribution in [0.5, 0.6) is 0 Å². The summed E-state index contributed by atoms with van der Waals surface area (Å²) in [5.41, 5.74) is 1.70. The molecule has 0 unspecified atom stereocenters. The van der Waals surface area contributed by atoms with Crippen LogP contribution in [0.4, 0.5) is 5.69 Å². The second-order valence-corrected chi connectivity index (χ2v) is 4.55. The first-order chi connectivity index (χ1) is 9.61. The molecule has 1 aromatic carbocycles. The Bertz CT molecular complexity index is 607. The molecule has 2 rings (SSSR count). The van der Waals surface area contributed by atoms with E-state index in [2.05, 4.69) is 17.2 Å². The van der Waals surface area contributed by atoms with E-state index >= 15 is 0 Å². The highest BCUT2D eigenvalue weighted by atomic mass is 16.6. The summed E-state index contributed by atoms with van der Waals surface area (Å²) < 4.78 is 5.65. The fourth-order valence-corrected chi connectivity index (χ4v) is 1.93. The van der Waals surface area contributed by atoms with Gasteiger partial charge in [-0.15, -0.1) is 0 Å². The maximum Gasteiger partial charge on any atom is 0.269 e. The van der Waals surface area contributed by atoms with Crippen LogP contribution in [0.15, 0.2) is 28.8 Å². The van der Waals surface area contributed by atoms with Crippen LogP contribution in [0.1, 0.15) is 24.8 Å². The molecule has 0 atom stereocenters. The zero-order chi connectivity index (χ0) is 14.5. The van der Waals surface area contributed by atoms with Crippen LogP contribution in [-0.2, 0) is 6.54 Å². The van der Waals surface area contributed by atoms with Gasteiger partial charge in [-0.2, -0.15) is 0 Å². The molecule has 0 saturated heterocycles. The molecular weight excluding hydrogens is 258 g/mol. The number of aryl methyl sites for hydroxylation is 1. The van der Waals surface area contributed by atoms with Crippen molar-refractivity contribution in [3.8, 4) is 11.3 Å². The lowest BCUT2D eigenvalue weighted by Gasteiger charge is -2.02. The maximum atomic E-state index is 10.7. The maximum absolute atomic E-state index is 10.7. The Kier molecular flexibility index (Phi) is 4.47. The predicted molar refractivity (Wildman–Crippen MR) is 75.3 cm³/mol. The van der Waals surface area contributed by atoms with Gasteiger partial charge in [-0.1, -0.05) is 6.92 Å². The van der Waals surface area contributed by atoms with Crippen molar-refractivity contribution in [3.63, 3.8) is 0 Å². The summed E-state index contributed by atoms with van der Waals surface area (Å²) in [7, 11) is 0. The summed E-state index contributed by atoms with van der Waals surface area (Å²) in [4.78, 5) is 14.5. The molecule has 0 radical (unpaired) electrons. The Morgan fingerprint density at radius 1 is 1.45 bits per heavy atom. The van der Waals surface area contributed by atoms with E-state index < -0.39 is 4.92 Å². The van der Waals surface area contributed by atoms with Crippen LogP contribution < -0.4 is 5.32 Å². The van der Waals surface area contributed by atoms with Crippen molar-refractivity contribution in [1.82, 2.24) is 10.3 Å². The first kappa shape index (κ1) is 14.2. The van der Waals surface area contributed by atoms with Gasteiger partial charge in [0.1, 0.15) is 0 Å². The van der Waals surface area contributed by atoms with Crippen molar-refractivity contribution < 1.29 is 9.34 Å². The minimum Gasteiger partial charge on any atom is -0.439 e. The number of nitrogens with one attached hydrogen (secondary N) is 1. The summed E-state index contributed by atoms with van der Waals surface area (Å²) in [6, 6.07) is 4.70. The lowest BCUT2D eigenvalue weighted by molar-refractivity contribution is -0.384. The molecule has 20 heavy (non-hydrogen) atoms. The number of nitrogens with zero attached hydrogens (tertiary/aromatic N) is 2. The van der Waals surface area contributed by atoms with Crippen molar-refractivity contribution in [1.29, 1.82) is 0 Å². The van der Waals surface area contributed by atoms with E-state index in [4.69, 9.17) is 4.42 Å². The monoisotopic (exact) mass is 275 g/mol. The topological polar surface area (TPSA) is 81.2 Å². The predicted octanol–water partition coefficient (Wildman–Crippen LogP) is 3.06. The number of nitro benzene ring substituents is 1. The molecule has 0 amide bonds. The average Bonchev–Trinajstić information content (AvgIpc) is 2.87. The molecule has 0 spiro atoms. The first-order valence-electron chi connectivity index (χ1n) is 6.52. The van der Waals surface area contributed by atoms with E-state index in [1.807, 2.05) is 6.92 Å². The number of benzene rings is 1. The van der Waals surface area contributed by atoms with Gasteiger partial charge in [0.2, 0.25) is 5.89 Å². The third-order valence-corrected chi connectivity index (χ3v) is 2.94. The Morgan fingerprint density at radius 3 is 2.90 bits per heavy atom. The number of nitro groups is 1. The first-order valence-corrected chi connectivity index (χ1v) is 6.52. The van der Waals surface area contributed by atoms with Crippen LogP contribution in [0.2, 0.25) is 0 Å². The number of oxazole rings is 1. The largest absolute Gasteiger partial charge is 0.439 e. The van der Waals surface area contributed by atoms with Crippen molar-refractivity contribution in [2.45, 2.75) is 26.8 Å². The molecule has 6 nitrogen and oxygen atoms in total. The Labute approximate surface area is 117 Å². The van der Waals surface area contributed by atoms with E-state index in [1.54, 1.807) is 12.3 Å². The quantitative estimate of drug-likeness (QED) is 0.498. The van der Waals surface area contributed by atoms with Gasteiger partial charge < -0.3 is 9.73 Å². The van der Waals surface area contributed by atoms with Gasteiger partial charge >= 0.3 is 0 Å². The zero-order valence-electron chi connectivity index (χ0n) is 11.5. The normalized spacial score (nSPS) is 10.7. The molecule has 0 bridgehead atoms. The lowest BCUT2D eigenvalue weighted by Crippen LogP contribution is -2.13. The van der Waals surface area contributed by atoms with E-state index in [0.29, 0.717) is 18.2 Å². The molecule has 0 fully saturated rings. The molecule has 0 aliphatic carbocycles. The summed E-state index contributed by atoms with van der Waals surface area (Å²) >= 11 is 0. The van der Waals surface area contributed by atoms with Crippen LogP contribution in [0.3, 0.4) is 0 Å². The Balaban J connectivity index is 2.17. The Hall–Kier alpha value is -2.21. The smallest absolute Gasteiger partial charge is 0.269 e. The van der Waals surface area contributed by atoms with Crippen LogP contribution in [-0.4, -0.2) is 16.5 Å². The molecule has 2 aromatic rings. The van der Waals surface area contributed by atoms with Gasteiger partial charge in [-0.05, 0) is 31.5 Å². The molecule has 0 aliphatic rings. The number of hydrogen-bond acceptors (Lipinski definition) is 5. The SMILES string of the molecule is CCCNCc1ncc(-c2ccc([N+](=O)[O-])cc2C)o1. The molecule has 1 aromatic heterocycles. The van der Waals surface area contributed by atoms with Crippen molar-refractivity contribution >= 4 is 5.69 Å². The molecule has 6 heteroatoms. The van der Waals surface area contributed by atoms with E-state index in [9.17, 15) is 10.1 Å². The summed E-state index contributed by atoms with van der Waals surface area (Å²) in [5, 5.41) is 13.9. The molecule has 0 saturated carbocycles. The molecular formula is C14H17N3O3. The third-order valence-electron chi connectivity index (χ3n) is 2.94. The zero-order valence-corrected chi connectivity index (χ0v) is 11.5. The van der Waals surface area contributed by atoms with Crippen LogP contribution >= 0.6 is 0 Å². The summed E-state index contributed by atoms with van der Waals surface area (Å²) in [6.07, 6.45) is 2.70. The standard InChI is InChI=1S/C14H17N3O3/c1-3-6-15-9-14-16-8-13(20-14)12-5-4-11(17(18)19)7-10(12)2/h4-5,7-8,15H,3,6,9H2,1-2H3. The highest BCUT2D eigenvalue weighted by molar-refractivity contribution is 5.63. The third kappa shape index (κ3) is 3.21. The molecule has 1 N–H and O–H groups in total. The van der Waals surface area contributed by atoms with Crippen molar-refractivity contribution in [2.24, 2.45) is 0 Å². The number of hydrogen-bond donors (Lipinski definition) is 1. The lowest BCUT2D eigenvalue weighted by atomic mass is 10.1. The van der Waals surface area contributed by atoms with Crippen LogP contribution in [0, 0.1) is 17.0 Å². The minimum atomic E-state index is -0.405. The van der Waals surface area contributed by atoms with Gasteiger partial charge in [-0.3, -0.25) is 10.1 Å². The van der Waals surface area contributed by atoms with Gasteiger partial charge in [0.05, 0.1) is 17.7 Å². The second-order valence-electron chi connectivity index (χ2n) is 4.55. The number of non-ortho nitro benzene ring substituents is 1. The molecule has 1 heterocycles. The molecule has 106 valence electrons. The van der Waals surface area contributed by atoms with Gasteiger partial charge in [0.25, 0.3) is 5.69 Å². The van der Waals surface area contributed by atoms with E-state index in [1.165, 1.54) is 12.1 Å². The Morgan fingerprint density at radius 2 is 2.25 bits per heavy atom. The average molecular weight is 275 g/mol. The van der Waals surface area contributed by atoms with E-state index in [-0.39, 0.29) is 5.69 Å². The summed E-state index contributed by atoms with van der Waals surface area (Å²) in [5.74, 6) is 1.25. The summed E-state index contributed by atoms with van der Waals surface area (Å²) in [6.45, 7) is 5.40. The fraction of sp³-hybridized carbons (Fsp3) is 0.357. The minimum absolute atomic E-state index is 0.0793. The van der Waals surface area contributed by atoms with Crippen molar-refractivity contribution in [3.05, 3.63) is 46.0 Å². The fourth-order valence-electron chi connectivity index (χ4n) is 1.93. The van der Waals surface area contributed by atoms with E-state index in [0.717, 1.165) is 24.1 Å².